The molecule has 1 amide bonds. The third-order valence-electron chi connectivity index (χ3n) is 2.31. The van der Waals surface area contributed by atoms with Crippen LogP contribution in [-0.4, -0.2) is 10.9 Å². The van der Waals surface area contributed by atoms with E-state index >= 15 is 0 Å². The summed E-state index contributed by atoms with van der Waals surface area (Å²) in [5, 5.41) is 3.40. The largest absolute Gasteiger partial charge is 0.320 e. The van der Waals surface area contributed by atoms with Gasteiger partial charge >= 0.3 is 0 Å². The van der Waals surface area contributed by atoms with Gasteiger partial charge in [0.25, 0.3) is 0 Å². The Morgan fingerprint density at radius 2 is 2.00 bits per heavy atom. The highest BCUT2D eigenvalue weighted by Gasteiger charge is 2.02. The normalized spacial score (nSPS) is 10.6. The minimum atomic E-state index is -0.219. The number of hydrogen-bond donors (Lipinski definition) is 1. The number of rotatable bonds is 3. The van der Waals surface area contributed by atoms with Crippen LogP contribution in [0.1, 0.15) is 5.56 Å². The van der Waals surface area contributed by atoms with E-state index in [9.17, 15) is 4.79 Å². The second kappa shape index (κ2) is 6.50. The molecule has 2 aromatic rings. The number of benzene rings is 1. The molecule has 0 aliphatic carbocycles. The summed E-state index contributed by atoms with van der Waals surface area (Å²) >= 11 is 9.05. The van der Waals surface area contributed by atoms with E-state index in [-0.39, 0.29) is 5.91 Å². The molecule has 3 nitrogen and oxygen atoms in total. The van der Waals surface area contributed by atoms with Crippen molar-refractivity contribution in [1.29, 1.82) is 0 Å². The highest BCUT2D eigenvalue weighted by atomic mass is 79.9. The van der Waals surface area contributed by atoms with Gasteiger partial charge in [0.1, 0.15) is 4.60 Å². The number of pyridine rings is 1. The number of halogens is 2. The van der Waals surface area contributed by atoms with Crippen molar-refractivity contribution in [2.45, 2.75) is 0 Å². The van der Waals surface area contributed by atoms with Crippen molar-refractivity contribution in [1.82, 2.24) is 4.98 Å². The lowest BCUT2D eigenvalue weighted by Crippen LogP contribution is -2.08. The summed E-state index contributed by atoms with van der Waals surface area (Å²) in [5.41, 5.74) is 1.54. The van der Waals surface area contributed by atoms with Gasteiger partial charge in [-0.3, -0.25) is 4.79 Å². The van der Waals surface area contributed by atoms with Crippen LogP contribution in [0, 0.1) is 0 Å². The van der Waals surface area contributed by atoms with Gasteiger partial charge in [0.2, 0.25) is 5.91 Å². The van der Waals surface area contributed by atoms with Crippen molar-refractivity contribution >= 4 is 45.2 Å². The summed E-state index contributed by atoms with van der Waals surface area (Å²) in [5.74, 6) is -0.219. The first-order valence-electron chi connectivity index (χ1n) is 5.50. The molecule has 19 heavy (non-hydrogen) atoms. The lowest BCUT2D eigenvalue weighted by Gasteiger charge is -2.03. The van der Waals surface area contributed by atoms with Gasteiger partial charge in [0.05, 0.1) is 5.69 Å². The number of carbonyl (C=O) groups is 1. The van der Waals surface area contributed by atoms with Crippen LogP contribution in [0.25, 0.3) is 6.08 Å². The van der Waals surface area contributed by atoms with Crippen LogP contribution in [0.15, 0.2) is 53.3 Å². The molecule has 2 rings (SSSR count). The lowest BCUT2D eigenvalue weighted by atomic mass is 10.2. The standard InChI is InChI=1S/C14H10BrClN2O/c15-14-12(2-1-9-17-14)18-13(19)8-5-10-3-6-11(16)7-4-10/h1-9H,(H,18,19)/b8-5+. The number of nitrogens with zero attached hydrogens (tertiary/aromatic N) is 1. The van der Waals surface area contributed by atoms with Crippen LogP contribution in [0.4, 0.5) is 5.69 Å². The van der Waals surface area contributed by atoms with Crippen LogP contribution in [0.2, 0.25) is 5.02 Å². The van der Waals surface area contributed by atoms with Gasteiger partial charge in [-0.2, -0.15) is 0 Å². The summed E-state index contributed by atoms with van der Waals surface area (Å²) in [6.45, 7) is 0. The van der Waals surface area contributed by atoms with Crippen molar-refractivity contribution in [3.8, 4) is 0 Å². The minimum Gasteiger partial charge on any atom is -0.320 e. The molecule has 0 saturated carbocycles. The number of carbonyl (C=O) groups excluding carboxylic acids is 1. The monoisotopic (exact) mass is 336 g/mol. The zero-order valence-electron chi connectivity index (χ0n) is 9.81. The maximum Gasteiger partial charge on any atom is 0.248 e. The van der Waals surface area contributed by atoms with Crippen molar-refractivity contribution < 1.29 is 4.79 Å². The van der Waals surface area contributed by atoms with E-state index in [1.54, 1.807) is 36.5 Å². The highest BCUT2D eigenvalue weighted by molar-refractivity contribution is 9.10. The Bertz CT molecular complexity index is 611. The molecule has 0 fully saturated rings. The summed E-state index contributed by atoms with van der Waals surface area (Å²) in [6.07, 6.45) is 4.82. The van der Waals surface area contributed by atoms with Crippen molar-refractivity contribution in [2.24, 2.45) is 0 Å². The average Bonchev–Trinajstić information content (AvgIpc) is 2.41. The molecule has 0 bridgehead atoms. The second-order valence-electron chi connectivity index (χ2n) is 3.72. The summed E-state index contributed by atoms with van der Waals surface area (Å²) in [7, 11) is 0. The molecule has 0 radical (unpaired) electrons. The van der Waals surface area contributed by atoms with Crippen LogP contribution in [-0.2, 0) is 4.79 Å². The third-order valence-corrected chi connectivity index (χ3v) is 3.20. The Morgan fingerprint density at radius 1 is 1.26 bits per heavy atom. The molecule has 5 heteroatoms. The van der Waals surface area contributed by atoms with Gasteiger partial charge in [-0.1, -0.05) is 23.7 Å². The quantitative estimate of drug-likeness (QED) is 0.675. The fourth-order valence-electron chi connectivity index (χ4n) is 1.40. The molecular formula is C14H10BrClN2O. The molecule has 96 valence electrons. The minimum absolute atomic E-state index is 0.219. The molecule has 1 heterocycles. The van der Waals surface area contributed by atoms with Gasteiger partial charge in [0.15, 0.2) is 0 Å². The summed E-state index contributed by atoms with van der Waals surface area (Å²) in [6, 6.07) is 10.8. The molecule has 0 spiro atoms. The van der Waals surface area contributed by atoms with E-state index in [2.05, 4.69) is 26.2 Å². The van der Waals surface area contributed by atoms with Crippen molar-refractivity contribution in [2.75, 3.05) is 5.32 Å². The topological polar surface area (TPSA) is 42.0 Å². The first kappa shape index (κ1) is 13.8. The molecule has 0 atom stereocenters. The summed E-state index contributed by atoms with van der Waals surface area (Å²) in [4.78, 5) is 15.8. The Kier molecular flexibility index (Phi) is 4.71. The smallest absolute Gasteiger partial charge is 0.248 e. The van der Waals surface area contributed by atoms with Crippen LogP contribution >= 0.6 is 27.5 Å². The van der Waals surface area contributed by atoms with E-state index in [1.165, 1.54) is 6.08 Å². The van der Waals surface area contributed by atoms with Crippen LogP contribution in [0.5, 0.6) is 0 Å². The molecular weight excluding hydrogens is 328 g/mol. The van der Waals surface area contributed by atoms with E-state index in [4.69, 9.17) is 11.6 Å². The SMILES string of the molecule is O=C(/C=C/c1ccc(Cl)cc1)Nc1cccnc1Br. The van der Waals surface area contributed by atoms with E-state index in [0.29, 0.717) is 15.3 Å². The maximum absolute atomic E-state index is 11.7. The molecule has 0 aliphatic rings. The van der Waals surface area contributed by atoms with Gasteiger partial charge in [-0.15, -0.1) is 0 Å². The van der Waals surface area contributed by atoms with Gasteiger partial charge in [-0.05, 0) is 51.8 Å². The number of anilines is 1. The first-order valence-corrected chi connectivity index (χ1v) is 6.67. The Balaban J connectivity index is 2.02. The van der Waals surface area contributed by atoms with Gasteiger partial charge in [-0.25, -0.2) is 4.98 Å². The zero-order chi connectivity index (χ0) is 13.7. The Hall–Kier alpha value is -1.65. The Labute approximate surface area is 124 Å². The second-order valence-corrected chi connectivity index (χ2v) is 4.90. The van der Waals surface area contributed by atoms with Crippen molar-refractivity contribution in [3.05, 3.63) is 63.9 Å². The third kappa shape index (κ3) is 4.19. The predicted molar refractivity (Wildman–Crippen MR) is 81.1 cm³/mol. The number of aromatic nitrogens is 1. The van der Waals surface area contributed by atoms with Gasteiger partial charge < -0.3 is 5.32 Å². The van der Waals surface area contributed by atoms with Crippen LogP contribution < -0.4 is 5.32 Å². The fraction of sp³-hybridized carbons (Fsp3) is 0. The van der Waals surface area contributed by atoms with E-state index < -0.39 is 0 Å². The molecule has 0 unspecified atom stereocenters. The number of hydrogen-bond acceptors (Lipinski definition) is 2. The number of nitrogens with one attached hydrogen (secondary N) is 1. The lowest BCUT2D eigenvalue weighted by molar-refractivity contribution is -0.111. The van der Waals surface area contributed by atoms with Crippen LogP contribution in [0.3, 0.4) is 0 Å². The number of amides is 1. The summed E-state index contributed by atoms with van der Waals surface area (Å²) < 4.78 is 0.600. The van der Waals surface area contributed by atoms with Gasteiger partial charge in [0, 0.05) is 17.3 Å². The van der Waals surface area contributed by atoms with E-state index in [0.717, 1.165) is 5.56 Å². The molecule has 1 aromatic heterocycles. The average molecular weight is 338 g/mol. The maximum atomic E-state index is 11.7. The zero-order valence-corrected chi connectivity index (χ0v) is 12.1. The van der Waals surface area contributed by atoms with Crippen molar-refractivity contribution in [3.63, 3.8) is 0 Å². The Morgan fingerprint density at radius 3 is 2.68 bits per heavy atom. The predicted octanol–water partition coefficient (Wildman–Crippen LogP) is 4.15. The first-order chi connectivity index (χ1) is 9.15. The van der Waals surface area contributed by atoms with E-state index in [1.807, 2.05) is 12.1 Å². The molecule has 1 aromatic carbocycles. The highest BCUT2D eigenvalue weighted by Crippen LogP contribution is 2.18. The molecule has 0 aliphatic heterocycles. The molecule has 0 saturated heterocycles. The molecule has 1 N–H and O–H groups in total. The fourth-order valence-corrected chi connectivity index (χ4v) is 1.87.